The summed E-state index contributed by atoms with van der Waals surface area (Å²) in [7, 11) is 0. The number of hydrogen-bond acceptors (Lipinski definition) is 4. The first-order valence-electron chi connectivity index (χ1n) is 7.14. The van der Waals surface area contributed by atoms with Gasteiger partial charge in [0.2, 0.25) is 0 Å². The van der Waals surface area contributed by atoms with E-state index >= 15 is 0 Å². The van der Waals surface area contributed by atoms with Crippen LogP contribution in [0.2, 0.25) is 0 Å². The van der Waals surface area contributed by atoms with Crippen LogP contribution in [0.3, 0.4) is 0 Å². The van der Waals surface area contributed by atoms with Crippen molar-refractivity contribution in [2.24, 2.45) is 5.41 Å². The van der Waals surface area contributed by atoms with Gasteiger partial charge in [0.05, 0.1) is 12.2 Å². The highest BCUT2D eigenvalue weighted by Gasteiger charge is 2.34. The molecular formula is C15H25N3O2. The molecule has 1 aromatic rings. The van der Waals surface area contributed by atoms with Gasteiger partial charge in [0, 0.05) is 6.54 Å². The minimum Gasteiger partial charge on any atom is -0.456 e. The van der Waals surface area contributed by atoms with E-state index in [2.05, 4.69) is 31.2 Å². The van der Waals surface area contributed by atoms with E-state index in [0.717, 1.165) is 18.8 Å². The number of anilines is 1. The van der Waals surface area contributed by atoms with Crippen LogP contribution in [0.1, 0.15) is 64.4 Å². The Bertz CT molecular complexity index is 506. The molecule has 1 aliphatic rings. The van der Waals surface area contributed by atoms with Crippen LogP contribution in [-0.2, 0) is 4.74 Å². The maximum absolute atomic E-state index is 12.2. The summed E-state index contributed by atoms with van der Waals surface area (Å²) >= 11 is 0. The summed E-state index contributed by atoms with van der Waals surface area (Å²) in [6.07, 6.45) is 2.62. The van der Waals surface area contributed by atoms with Gasteiger partial charge in [-0.05, 0) is 32.6 Å². The smallest absolute Gasteiger partial charge is 0.344 e. The first kappa shape index (κ1) is 14.9. The molecule has 1 atom stereocenters. The number of esters is 1. The van der Waals surface area contributed by atoms with Crippen LogP contribution in [0.25, 0.3) is 0 Å². The summed E-state index contributed by atoms with van der Waals surface area (Å²) in [6, 6.07) is 0.287. The second-order valence-electron chi connectivity index (χ2n) is 7.45. The predicted molar refractivity (Wildman–Crippen MR) is 79.0 cm³/mol. The zero-order valence-electron chi connectivity index (χ0n) is 13.3. The molecule has 0 aliphatic carbocycles. The van der Waals surface area contributed by atoms with Crippen LogP contribution < -0.4 is 5.32 Å². The molecule has 1 N–H and O–H groups in total. The molecule has 0 fully saturated rings. The van der Waals surface area contributed by atoms with E-state index in [0.29, 0.717) is 5.56 Å². The number of nitrogens with zero attached hydrogens (tertiary/aromatic N) is 2. The van der Waals surface area contributed by atoms with Gasteiger partial charge in [-0.25, -0.2) is 9.48 Å². The molecule has 20 heavy (non-hydrogen) atoms. The van der Waals surface area contributed by atoms with Crippen molar-refractivity contribution >= 4 is 11.8 Å². The van der Waals surface area contributed by atoms with Crippen LogP contribution >= 0.6 is 0 Å². The molecule has 112 valence electrons. The Labute approximate surface area is 120 Å². The number of rotatable bonds is 1. The molecule has 1 unspecified atom stereocenters. The average molecular weight is 279 g/mol. The molecule has 5 nitrogen and oxygen atoms in total. The summed E-state index contributed by atoms with van der Waals surface area (Å²) in [4.78, 5) is 12.2. The lowest BCUT2D eigenvalue weighted by molar-refractivity contribution is 0.00702. The fraction of sp³-hybridized carbons (Fsp3) is 0.733. The van der Waals surface area contributed by atoms with Gasteiger partial charge in [0.25, 0.3) is 0 Å². The zero-order valence-corrected chi connectivity index (χ0v) is 13.3. The maximum Gasteiger partial charge on any atom is 0.344 e. The molecule has 2 heterocycles. The van der Waals surface area contributed by atoms with Gasteiger partial charge in [0.15, 0.2) is 0 Å². The van der Waals surface area contributed by atoms with Crippen LogP contribution in [0, 0.1) is 5.41 Å². The van der Waals surface area contributed by atoms with Crippen molar-refractivity contribution in [1.29, 1.82) is 0 Å². The molecule has 1 aromatic heterocycles. The van der Waals surface area contributed by atoms with E-state index in [9.17, 15) is 4.79 Å². The molecule has 1 aliphatic heterocycles. The van der Waals surface area contributed by atoms with Gasteiger partial charge < -0.3 is 10.1 Å². The van der Waals surface area contributed by atoms with Gasteiger partial charge in [-0.15, -0.1) is 0 Å². The third-order valence-electron chi connectivity index (χ3n) is 3.42. The Balaban J connectivity index is 2.32. The molecule has 5 heteroatoms. The maximum atomic E-state index is 12.2. The third kappa shape index (κ3) is 2.97. The molecule has 0 bridgehead atoms. The Morgan fingerprint density at radius 1 is 1.35 bits per heavy atom. The van der Waals surface area contributed by atoms with E-state index in [4.69, 9.17) is 4.74 Å². The molecule has 0 aromatic carbocycles. The molecule has 0 saturated carbocycles. The highest BCUT2D eigenvalue weighted by molar-refractivity contribution is 5.94. The highest BCUT2D eigenvalue weighted by atomic mass is 16.6. The first-order valence-corrected chi connectivity index (χ1v) is 7.14. The lowest BCUT2D eigenvalue weighted by atomic mass is 9.84. The van der Waals surface area contributed by atoms with E-state index in [1.54, 1.807) is 6.20 Å². The van der Waals surface area contributed by atoms with E-state index < -0.39 is 5.60 Å². The summed E-state index contributed by atoms with van der Waals surface area (Å²) < 4.78 is 7.37. The van der Waals surface area contributed by atoms with Crippen molar-refractivity contribution in [3.05, 3.63) is 11.8 Å². The largest absolute Gasteiger partial charge is 0.456 e. The van der Waals surface area contributed by atoms with Gasteiger partial charge >= 0.3 is 5.97 Å². The summed E-state index contributed by atoms with van der Waals surface area (Å²) in [5.74, 6) is 0.464. The van der Waals surface area contributed by atoms with Crippen molar-refractivity contribution in [2.75, 3.05) is 11.9 Å². The second kappa shape index (κ2) is 4.79. The number of carbonyl (C=O) groups excluding carboxylic acids is 1. The molecule has 0 amide bonds. The third-order valence-corrected chi connectivity index (χ3v) is 3.42. The zero-order chi connectivity index (χ0) is 15.1. The standard InChI is InChI=1S/C15H25N3O2/c1-14(2,3)11-7-8-16-12-10(9-17-18(11)12)13(19)20-15(4,5)6/h9,11,16H,7-8H2,1-6H3. The summed E-state index contributed by atoms with van der Waals surface area (Å²) in [5.41, 5.74) is 0.131. The SMILES string of the molecule is CC(C)(C)OC(=O)c1cnn2c1NCCC2C(C)(C)C. The summed E-state index contributed by atoms with van der Waals surface area (Å²) in [5, 5.41) is 7.69. The van der Waals surface area contributed by atoms with Crippen molar-refractivity contribution in [1.82, 2.24) is 9.78 Å². The minimum atomic E-state index is -0.496. The molecule has 2 rings (SSSR count). The van der Waals surface area contributed by atoms with Crippen LogP contribution in [0.15, 0.2) is 6.20 Å². The topological polar surface area (TPSA) is 56.1 Å². The lowest BCUT2D eigenvalue weighted by Crippen LogP contribution is -2.33. The molecule has 0 spiro atoms. The Morgan fingerprint density at radius 2 is 2.00 bits per heavy atom. The number of ether oxygens (including phenoxy) is 1. The fourth-order valence-corrected chi connectivity index (χ4v) is 2.51. The van der Waals surface area contributed by atoms with Crippen LogP contribution in [0.4, 0.5) is 5.82 Å². The second-order valence-corrected chi connectivity index (χ2v) is 7.45. The number of carbonyl (C=O) groups is 1. The molecule has 0 radical (unpaired) electrons. The average Bonchev–Trinajstić information content (AvgIpc) is 2.68. The molecule has 0 saturated heterocycles. The van der Waals surface area contributed by atoms with Crippen molar-refractivity contribution < 1.29 is 9.53 Å². The van der Waals surface area contributed by atoms with Gasteiger partial charge in [-0.1, -0.05) is 20.8 Å². The number of nitrogens with one attached hydrogen (secondary N) is 1. The number of hydrogen-bond donors (Lipinski definition) is 1. The van der Waals surface area contributed by atoms with E-state index in [1.165, 1.54) is 0 Å². The van der Waals surface area contributed by atoms with Crippen molar-refractivity contribution in [3.8, 4) is 0 Å². The van der Waals surface area contributed by atoms with Crippen molar-refractivity contribution in [3.63, 3.8) is 0 Å². The van der Waals surface area contributed by atoms with Gasteiger partial charge in [0.1, 0.15) is 17.0 Å². The van der Waals surface area contributed by atoms with E-state index in [-0.39, 0.29) is 17.4 Å². The van der Waals surface area contributed by atoms with Gasteiger partial charge in [-0.3, -0.25) is 0 Å². The first-order chi connectivity index (χ1) is 9.09. The van der Waals surface area contributed by atoms with Crippen LogP contribution in [-0.4, -0.2) is 27.9 Å². The summed E-state index contributed by atoms with van der Waals surface area (Å²) in [6.45, 7) is 13.0. The van der Waals surface area contributed by atoms with Gasteiger partial charge in [-0.2, -0.15) is 5.10 Å². The number of aromatic nitrogens is 2. The van der Waals surface area contributed by atoms with Crippen molar-refractivity contribution in [2.45, 2.75) is 59.6 Å². The normalized spacial score (nSPS) is 19.2. The lowest BCUT2D eigenvalue weighted by Gasteiger charge is -2.35. The highest BCUT2D eigenvalue weighted by Crippen LogP contribution is 2.38. The quantitative estimate of drug-likeness (QED) is 0.802. The predicted octanol–water partition coefficient (Wildman–Crippen LogP) is 3.24. The van der Waals surface area contributed by atoms with E-state index in [1.807, 2.05) is 25.5 Å². The fourth-order valence-electron chi connectivity index (χ4n) is 2.51. The Hall–Kier alpha value is -1.52. The number of fused-ring (bicyclic) bond motifs is 1. The Morgan fingerprint density at radius 3 is 2.55 bits per heavy atom. The Kier molecular flexibility index (Phi) is 3.56. The minimum absolute atomic E-state index is 0.105. The monoisotopic (exact) mass is 279 g/mol. The molecular weight excluding hydrogens is 254 g/mol. The van der Waals surface area contributed by atoms with Crippen LogP contribution in [0.5, 0.6) is 0 Å².